The van der Waals surface area contributed by atoms with E-state index in [1.54, 1.807) is 6.07 Å². The van der Waals surface area contributed by atoms with Crippen molar-refractivity contribution in [3.8, 4) is 6.07 Å². The van der Waals surface area contributed by atoms with Crippen LogP contribution in [0.25, 0.3) is 0 Å². The van der Waals surface area contributed by atoms with Crippen molar-refractivity contribution in [2.75, 3.05) is 38.7 Å². The molecule has 0 amide bonds. The van der Waals surface area contributed by atoms with Gasteiger partial charge in [0, 0.05) is 33.6 Å². The van der Waals surface area contributed by atoms with Gasteiger partial charge in [0.05, 0.1) is 28.8 Å². The number of hydrogen-bond acceptors (Lipinski definition) is 6. The van der Waals surface area contributed by atoms with Crippen LogP contribution < -0.4 is 4.90 Å². The second-order valence-electron chi connectivity index (χ2n) is 6.06. The van der Waals surface area contributed by atoms with Gasteiger partial charge in [-0.2, -0.15) is 5.26 Å². The standard InChI is InChI=1S/C17H23N3O4S/c1-19(2)25(22,23)14-7-8-16(20-10-4-5-11-20)15(13-14)17(21)24-12-6-3-9-18/h7-8,13H,3-6,10-12H2,1-2H3. The summed E-state index contributed by atoms with van der Waals surface area (Å²) in [6.07, 6.45) is 2.83. The highest BCUT2D eigenvalue weighted by Gasteiger charge is 2.25. The second-order valence-corrected chi connectivity index (χ2v) is 8.21. The Morgan fingerprint density at radius 1 is 1.32 bits per heavy atom. The predicted molar refractivity (Wildman–Crippen MR) is 93.9 cm³/mol. The SMILES string of the molecule is CN(C)S(=O)(=O)c1ccc(N2CCCC2)c(C(=O)OCCCC#N)c1. The van der Waals surface area contributed by atoms with E-state index in [2.05, 4.69) is 4.90 Å². The van der Waals surface area contributed by atoms with Gasteiger partial charge in [0.1, 0.15) is 0 Å². The summed E-state index contributed by atoms with van der Waals surface area (Å²) < 4.78 is 31.1. The number of ether oxygens (including phenoxy) is 1. The van der Waals surface area contributed by atoms with Gasteiger partial charge in [0.15, 0.2) is 0 Å². The van der Waals surface area contributed by atoms with Crippen molar-refractivity contribution in [3.05, 3.63) is 23.8 Å². The molecule has 136 valence electrons. The molecule has 0 unspecified atom stereocenters. The van der Waals surface area contributed by atoms with E-state index in [0.717, 1.165) is 30.2 Å². The minimum atomic E-state index is -3.64. The van der Waals surface area contributed by atoms with Crippen LogP contribution in [0.15, 0.2) is 23.1 Å². The van der Waals surface area contributed by atoms with Gasteiger partial charge < -0.3 is 9.64 Å². The first-order chi connectivity index (χ1) is 11.9. The summed E-state index contributed by atoms with van der Waals surface area (Å²) >= 11 is 0. The van der Waals surface area contributed by atoms with E-state index in [0.29, 0.717) is 18.5 Å². The third kappa shape index (κ3) is 4.50. The summed E-state index contributed by atoms with van der Waals surface area (Å²) in [6.45, 7) is 1.79. The number of anilines is 1. The van der Waals surface area contributed by atoms with Gasteiger partial charge in [-0.1, -0.05) is 0 Å². The molecule has 1 saturated heterocycles. The van der Waals surface area contributed by atoms with Crippen LogP contribution in [0.1, 0.15) is 36.0 Å². The van der Waals surface area contributed by atoms with E-state index in [9.17, 15) is 13.2 Å². The highest BCUT2D eigenvalue weighted by atomic mass is 32.2. The van der Waals surface area contributed by atoms with E-state index in [4.69, 9.17) is 10.00 Å². The molecule has 2 rings (SSSR count). The average Bonchev–Trinajstić information content (AvgIpc) is 3.12. The summed E-state index contributed by atoms with van der Waals surface area (Å²) in [4.78, 5) is 14.6. The second kappa shape index (κ2) is 8.32. The van der Waals surface area contributed by atoms with Gasteiger partial charge in [-0.15, -0.1) is 0 Å². The van der Waals surface area contributed by atoms with Gasteiger partial charge in [-0.05, 0) is 37.5 Å². The lowest BCUT2D eigenvalue weighted by Crippen LogP contribution is -2.25. The van der Waals surface area contributed by atoms with Crippen molar-refractivity contribution < 1.29 is 17.9 Å². The molecule has 7 nitrogen and oxygen atoms in total. The number of rotatable bonds is 7. The van der Waals surface area contributed by atoms with Gasteiger partial charge in [0.2, 0.25) is 10.0 Å². The third-order valence-electron chi connectivity index (χ3n) is 4.08. The predicted octanol–water partition coefficient (Wildman–Crippen LogP) is 2.00. The Balaban J connectivity index is 2.34. The maximum absolute atomic E-state index is 12.5. The Hall–Kier alpha value is -2.11. The van der Waals surface area contributed by atoms with Crippen LogP contribution in [0, 0.1) is 11.3 Å². The molecule has 0 bridgehead atoms. The molecular formula is C17H23N3O4S. The fourth-order valence-electron chi connectivity index (χ4n) is 2.68. The Kier molecular flexibility index (Phi) is 6.39. The van der Waals surface area contributed by atoms with Crippen molar-refractivity contribution in [3.63, 3.8) is 0 Å². The highest BCUT2D eigenvalue weighted by Crippen LogP contribution is 2.28. The first kappa shape index (κ1) is 19.2. The Morgan fingerprint density at radius 2 is 2.00 bits per heavy atom. The van der Waals surface area contributed by atoms with Crippen molar-refractivity contribution in [2.45, 2.75) is 30.6 Å². The number of sulfonamides is 1. The summed E-state index contributed by atoms with van der Waals surface area (Å²) in [5, 5.41) is 8.55. The molecule has 1 aliphatic heterocycles. The third-order valence-corrected chi connectivity index (χ3v) is 5.89. The Morgan fingerprint density at radius 3 is 2.60 bits per heavy atom. The fourth-order valence-corrected chi connectivity index (χ4v) is 3.61. The molecule has 25 heavy (non-hydrogen) atoms. The minimum absolute atomic E-state index is 0.0596. The number of carbonyl (C=O) groups excluding carboxylic acids is 1. The lowest BCUT2D eigenvalue weighted by molar-refractivity contribution is 0.0502. The zero-order valence-electron chi connectivity index (χ0n) is 14.6. The Bertz CT molecular complexity index is 763. The zero-order chi connectivity index (χ0) is 18.4. The van der Waals surface area contributed by atoms with E-state index in [1.807, 2.05) is 6.07 Å². The smallest absolute Gasteiger partial charge is 0.340 e. The van der Waals surface area contributed by atoms with Crippen LogP contribution in [0.5, 0.6) is 0 Å². The van der Waals surface area contributed by atoms with Crippen molar-refractivity contribution >= 4 is 21.7 Å². The first-order valence-corrected chi connectivity index (χ1v) is 9.67. The number of nitriles is 1. The number of hydrogen-bond donors (Lipinski definition) is 0. The monoisotopic (exact) mass is 365 g/mol. The molecular weight excluding hydrogens is 342 g/mol. The largest absolute Gasteiger partial charge is 0.462 e. The Labute approximate surface area is 148 Å². The molecule has 0 atom stereocenters. The van der Waals surface area contributed by atoms with Gasteiger partial charge in [0.25, 0.3) is 0 Å². The molecule has 1 aromatic rings. The van der Waals surface area contributed by atoms with E-state index >= 15 is 0 Å². The molecule has 1 aromatic carbocycles. The first-order valence-electron chi connectivity index (χ1n) is 8.23. The van der Waals surface area contributed by atoms with Crippen LogP contribution in [0.3, 0.4) is 0 Å². The van der Waals surface area contributed by atoms with Gasteiger partial charge in [-0.3, -0.25) is 0 Å². The van der Waals surface area contributed by atoms with Crippen molar-refractivity contribution in [2.24, 2.45) is 0 Å². The molecule has 0 spiro atoms. The lowest BCUT2D eigenvalue weighted by atomic mass is 10.1. The molecule has 8 heteroatoms. The molecule has 0 aromatic heterocycles. The topological polar surface area (TPSA) is 90.7 Å². The molecule has 1 fully saturated rings. The molecule has 0 N–H and O–H groups in total. The van der Waals surface area contributed by atoms with E-state index in [-0.39, 0.29) is 17.1 Å². The summed E-state index contributed by atoms with van der Waals surface area (Å²) in [5.41, 5.74) is 0.947. The summed E-state index contributed by atoms with van der Waals surface area (Å²) in [5.74, 6) is -0.560. The number of nitrogens with zero attached hydrogens (tertiary/aromatic N) is 3. The normalized spacial score (nSPS) is 14.6. The maximum Gasteiger partial charge on any atom is 0.340 e. The summed E-state index contributed by atoms with van der Waals surface area (Å²) in [6, 6.07) is 6.58. The zero-order valence-corrected chi connectivity index (χ0v) is 15.4. The van der Waals surface area contributed by atoms with Crippen LogP contribution in [-0.2, 0) is 14.8 Å². The number of benzene rings is 1. The number of carbonyl (C=O) groups is 1. The summed E-state index contributed by atoms with van der Waals surface area (Å²) in [7, 11) is -0.742. The quantitative estimate of drug-likeness (QED) is 0.542. The van der Waals surface area contributed by atoms with Crippen LogP contribution >= 0.6 is 0 Å². The van der Waals surface area contributed by atoms with Crippen LogP contribution in [0.4, 0.5) is 5.69 Å². The van der Waals surface area contributed by atoms with Crippen molar-refractivity contribution in [1.82, 2.24) is 4.31 Å². The molecule has 1 aliphatic rings. The van der Waals surface area contributed by atoms with Crippen LogP contribution in [0.2, 0.25) is 0 Å². The average molecular weight is 365 g/mol. The number of esters is 1. The van der Waals surface area contributed by atoms with Gasteiger partial charge >= 0.3 is 5.97 Å². The highest BCUT2D eigenvalue weighted by molar-refractivity contribution is 7.89. The molecule has 0 radical (unpaired) electrons. The van der Waals surface area contributed by atoms with E-state index in [1.165, 1.54) is 26.2 Å². The molecule has 0 saturated carbocycles. The van der Waals surface area contributed by atoms with E-state index < -0.39 is 16.0 Å². The van der Waals surface area contributed by atoms with Gasteiger partial charge in [-0.25, -0.2) is 17.5 Å². The molecule has 0 aliphatic carbocycles. The maximum atomic E-state index is 12.5. The fraction of sp³-hybridized carbons (Fsp3) is 0.529. The lowest BCUT2D eigenvalue weighted by Gasteiger charge is -2.22. The number of unbranched alkanes of at least 4 members (excludes halogenated alkanes) is 1. The van der Waals surface area contributed by atoms with Crippen molar-refractivity contribution in [1.29, 1.82) is 5.26 Å². The van der Waals surface area contributed by atoms with Crippen LogP contribution in [-0.4, -0.2) is 52.5 Å². The minimum Gasteiger partial charge on any atom is -0.462 e. The molecule has 1 heterocycles.